The van der Waals surface area contributed by atoms with E-state index in [-0.39, 0.29) is 5.78 Å². The standard InChI is InChI=1S/C14H13NO/c1-4-15-13-9(2)10(3)14(16)12-8-6-5-7-11(12)13/h4-8H,1H2,2-3H3. The maximum Gasteiger partial charge on any atom is 0.189 e. The van der Waals surface area contributed by atoms with Gasteiger partial charge in [0.05, 0.1) is 5.71 Å². The van der Waals surface area contributed by atoms with Gasteiger partial charge < -0.3 is 0 Å². The van der Waals surface area contributed by atoms with Crippen LogP contribution in [0.3, 0.4) is 0 Å². The molecule has 0 fully saturated rings. The molecule has 0 amide bonds. The molecule has 1 aliphatic rings. The Morgan fingerprint density at radius 1 is 1.12 bits per heavy atom. The third kappa shape index (κ3) is 1.43. The lowest BCUT2D eigenvalue weighted by Crippen LogP contribution is -2.19. The number of carbonyl (C=O) groups is 1. The highest BCUT2D eigenvalue weighted by Crippen LogP contribution is 2.26. The van der Waals surface area contributed by atoms with E-state index in [1.54, 1.807) is 0 Å². The Balaban J connectivity index is 2.76. The van der Waals surface area contributed by atoms with Gasteiger partial charge >= 0.3 is 0 Å². The largest absolute Gasteiger partial charge is 0.289 e. The second-order valence-electron chi connectivity index (χ2n) is 3.78. The van der Waals surface area contributed by atoms with E-state index in [0.717, 1.165) is 28.0 Å². The second-order valence-corrected chi connectivity index (χ2v) is 3.78. The molecule has 0 N–H and O–H groups in total. The normalized spacial score (nSPS) is 17.6. The van der Waals surface area contributed by atoms with Crippen molar-refractivity contribution in [3.8, 4) is 0 Å². The smallest absolute Gasteiger partial charge is 0.189 e. The summed E-state index contributed by atoms with van der Waals surface area (Å²) in [5.74, 6) is 0.0936. The van der Waals surface area contributed by atoms with Crippen molar-refractivity contribution < 1.29 is 4.79 Å². The Labute approximate surface area is 95.0 Å². The Kier molecular flexibility index (Phi) is 2.57. The van der Waals surface area contributed by atoms with Gasteiger partial charge in [0.25, 0.3) is 0 Å². The number of fused-ring (bicyclic) bond motifs is 1. The highest BCUT2D eigenvalue weighted by molar-refractivity contribution is 6.28. The monoisotopic (exact) mass is 211 g/mol. The Hall–Kier alpha value is -1.96. The number of Topliss-reactive ketones (excluding diaryl/α,β-unsaturated/α-hetero) is 1. The van der Waals surface area contributed by atoms with E-state index < -0.39 is 0 Å². The molecule has 0 heterocycles. The Bertz CT molecular complexity index is 535. The van der Waals surface area contributed by atoms with E-state index in [9.17, 15) is 4.79 Å². The number of benzene rings is 1. The van der Waals surface area contributed by atoms with Crippen molar-refractivity contribution in [3.63, 3.8) is 0 Å². The lowest BCUT2D eigenvalue weighted by atomic mass is 9.85. The van der Waals surface area contributed by atoms with Gasteiger partial charge in [-0.1, -0.05) is 30.8 Å². The first kappa shape index (κ1) is 10.6. The minimum Gasteiger partial charge on any atom is -0.289 e. The maximum absolute atomic E-state index is 12.0. The third-order valence-electron chi connectivity index (χ3n) is 2.91. The zero-order chi connectivity index (χ0) is 11.7. The summed E-state index contributed by atoms with van der Waals surface area (Å²) in [5.41, 5.74) is 4.17. The number of carbonyl (C=O) groups excluding carboxylic acids is 1. The average Bonchev–Trinajstić information content (AvgIpc) is 2.32. The van der Waals surface area contributed by atoms with Gasteiger partial charge in [-0.05, 0) is 19.4 Å². The van der Waals surface area contributed by atoms with E-state index >= 15 is 0 Å². The summed E-state index contributed by atoms with van der Waals surface area (Å²) in [6.45, 7) is 7.37. The fourth-order valence-electron chi connectivity index (χ4n) is 1.90. The van der Waals surface area contributed by atoms with Gasteiger partial charge in [-0.25, -0.2) is 0 Å². The lowest BCUT2D eigenvalue weighted by Gasteiger charge is -2.19. The molecule has 80 valence electrons. The van der Waals surface area contributed by atoms with Crippen LogP contribution in [-0.4, -0.2) is 11.5 Å². The zero-order valence-corrected chi connectivity index (χ0v) is 9.45. The van der Waals surface area contributed by atoms with E-state index in [4.69, 9.17) is 0 Å². The quantitative estimate of drug-likeness (QED) is 0.701. The van der Waals surface area contributed by atoms with Gasteiger partial charge in [0.2, 0.25) is 0 Å². The van der Waals surface area contributed by atoms with E-state index in [0.29, 0.717) is 0 Å². The number of allylic oxidation sites excluding steroid dienone is 2. The molecule has 2 nitrogen and oxygen atoms in total. The summed E-state index contributed by atoms with van der Waals surface area (Å²) in [6.07, 6.45) is 1.51. The Morgan fingerprint density at radius 3 is 2.38 bits per heavy atom. The van der Waals surface area contributed by atoms with Crippen LogP contribution in [-0.2, 0) is 0 Å². The number of hydrogen-bond donors (Lipinski definition) is 0. The van der Waals surface area contributed by atoms with Crippen LogP contribution < -0.4 is 0 Å². The van der Waals surface area contributed by atoms with Gasteiger partial charge in [0.15, 0.2) is 5.78 Å². The molecule has 0 aromatic heterocycles. The molecule has 1 aliphatic carbocycles. The minimum absolute atomic E-state index is 0.0936. The predicted molar refractivity (Wildman–Crippen MR) is 65.9 cm³/mol. The van der Waals surface area contributed by atoms with Crippen LogP contribution in [0, 0.1) is 0 Å². The molecule has 0 atom stereocenters. The third-order valence-corrected chi connectivity index (χ3v) is 2.91. The molecule has 1 aromatic carbocycles. The molecule has 0 radical (unpaired) electrons. The second kappa shape index (κ2) is 3.89. The topological polar surface area (TPSA) is 29.4 Å². The summed E-state index contributed by atoms with van der Waals surface area (Å²) in [6, 6.07) is 7.55. The molecule has 0 saturated heterocycles. The fraction of sp³-hybridized carbons (Fsp3) is 0.143. The SMILES string of the molecule is C=CN=C1C(C)=C(C)C(=O)c2ccccc21. The van der Waals surface area contributed by atoms with E-state index in [1.807, 2.05) is 38.1 Å². The number of hydrogen-bond acceptors (Lipinski definition) is 2. The summed E-state index contributed by atoms with van der Waals surface area (Å²) in [4.78, 5) is 16.3. The van der Waals surface area contributed by atoms with Crippen molar-refractivity contribution >= 4 is 11.5 Å². The predicted octanol–water partition coefficient (Wildman–Crippen LogP) is 3.15. The van der Waals surface area contributed by atoms with Gasteiger partial charge in [0.1, 0.15) is 0 Å². The van der Waals surface area contributed by atoms with Crippen LogP contribution in [0.5, 0.6) is 0 Å². The van der Waals surface area contributed by atoms with Gasteiger partial charge in [-0.15, -0.1) is 0 Å². The van der Waals surface area contributed by atoms with Gasteiger partial charge in [-0.2, -0.15) is 0 Å². The molecule has 0 aliphatic heterocycles. The summed E-state index contributed by atoms with van der Waals surface area (Å²) in [7, 11) is 0. The average molecular weight is 211 g/mol. The molecular weight excluding hydrogens is 198 g/mol. The molecule has 0 bridgehead atoms. The van der Waals surface area contributed by atoms with Crippen LogP contribution >= 0.6 is 0 Å². The molecule has 2 heteroatoms. The van der Waals surface area contributed by atoms with Crippen LogP contribution in [0.15, 0.2) is 53.2 Å². The van der Waals surface area contributed by atoms with Crippen molar-refractivity contribution in [2.24, 2.45) is 4.99 Å². The highest BCUT2D eigenvalue weighted by atomic mass is 16.1. The number of nitrogens with zero attached hydrogens (tertiary/aromatic N) is 1. The van der Waals surface area contributed by atoms with Crippen LogP contribution in [0.1, 0.15) is 29.8 Å². The van der Waals surface area contributed by atoms with Crippen LogP contribution in [0.25, 0.3) is 0 Å². The van der Waals surface area contributed by atoms with E-state index in [2.05, 4.69) is 11.6 Å². The molecular formula is C14H13NO. The van der Waals surface area contributed by atoms with Crippen molar-refractivity contribution in [1.29, 1.82) is 0 Å². The minimum atomic E-state index is 0.0936. The molecule has 2 rings (SSSR count). The number of ketones is 1. The van der Waals surface area contributed by atoms with Crippen molar-refractivity contribution in [1.82, 2.24) is 0 Å². The molecule has 0 saturated carbocycles. The molecule has 0 spiro atoms. The van der Waals surface area contributed by atoms with Crippen molar-refractivity contribution in [2.75, 3.05) is 0 Å². The van der Waals surface area contributed by atoms with Crippen LogP contribution in [0.4, 0.5) is 0 Å². The molecule has 0 unspecified atom stereocenters. The summed E-state index contributed by atoms with van der Waals surface area (Å²) < 4.78 is 0. The highest BCUT2D eigenvalue weighted by Gasteiger charge is 2.24. The summed E-state index contributed by atoms with van der Waals surface area (Å²) >= 11 is 0. The molecule has 1 aromatic rings. The van der Waals surface area contributed by atoms with Crippen molar-refractivity contribution in [2.45, 2.75) is 13.8 Å². The van der Waals surface area contributed by atoms with Gasteiger partial charge in [-0.3, -0.25) is 9.79 Å². The Morgan fingerprint density at radius 2 is 1.75 bits per heavy atom. The summed E-state index contributed by atoms with van der Waals surface area (Å²) in [5, 5.41) is 0. The van der Waals surface area contributed by atoms with Crippen LogP contribution in [0.2, 0.25) is 0 Å². The first-order valence-electron chi connectivity index (χ1n) is 5.17. The van der Waals surface area contributed by atoms with Crippen molar-refractivity contribution in [3.05, 3.63) is 59.3 Å². The van der Waals surface area contributed by atoms with E-state index in [1.165, 1.54) is 6.20 Å². The fourth-order valence-corrected chi connectivity index (χ4v) is 1.90. The van der Waals surface area contributed by atoms with Gasteiger partial charge in [0, 0.05) is 22.9 Å². The maximum atomic E-state index is 12.0. The first-order chi connectivity index (χ1) is 7.66. The zero-order valence-electron chi connectivity index (χ0n) is 9.45. The lowest BCUT2D eigenvalue weighted by molar-refractivity contribution is 0.103. The molecule has 16 heavy (non-hydrogen) atoms. The number of aliphatic imine (C=N–C) groups is 1. The number of rotatable bonds is 1. The first-order valence-corrected chi connectivity index (χ1v) is 5.17.